The number of hydrogen-bond donors (Lipinski definition) is 4. The first-order valence-corrected chi connectivity index (χ1v) is 14.5. The van der Waals surface area contributed by atoms with Gasteiger partial charge in [0.05, 0.1) is 22.7 Å². The first-order valence-electron chi connectivity index (χ1n) is 14.5. The van der Waals surface area contributed by atoms with Gasteiger partial charge in [-0.15, -0.1) is 0 Å². The summed E-state index contributed by atoms with van der Waals surface area (Å²) in [6.45, 7) is 11.9. The summed E-state index contributed by atoms with van der Waals surface area (Å²) in [4.78, 5) is 33.4. The van der Waals surface area contributed by atoms with Crippen LogP contribution in [0.4, 0.5) is 16.3 Å². The number of benzene rings is 2. The number of nitrogens with zero attached hydrogens (tertiary/aromatic N) is 2. The Balaban J connectivity index is 0.000000385. The summed E-state index contributed by atoms with van der Waals surface area (Å²) in [5.41, 5.74) is 4.23. The van der Waals surface area contributed by atoms with E-state index < -0.39 is 5.97 Å². The van der Waals surface area contributed by atoms with Gasteiger partial charge in [-0.25, -0.2) is 14.6 Å². The Bertz CT molecular complexity index is 1440. The summed E-state index contributed by atoms with van der Waals surface area (Å²) in [7, 11) is 0. The molecular weight excluding hydrogens is 530 g/mol. The molecule has 0 atom stereocenters. The van der Waals surface area contributed by atoms with Gasteiger partial charge in [-0.1, -0.05) is 32.0 Å². The van der Waals surface area contributed by atoms with Crippen molar-refractivity contribution in [2.45, 2.75) is 52.6 Å². The predicted octanol–water partition coefficient (Wildman–Crippen LogP) is 7.21. The lowest BCUT2D eigenvalue weighted by Gasteiger charge is -2.32. The van der Waals surface area contributed by atoms with Gasteiger partial charge in [-0.05, 0) is 106 Å². The maximum Gasteiger partial charge on any atom is 0.335 e. The van der Waals surface area contributed by atoms with E-state index in [0.29, 0.717) is 28.9 Å². The molecule has 0 aliphatic carbocycles. The minimum Gasteiger partial charge on any atom is -0.491 e. The molecule has 2 aromatic carbocycles. The van der Waals surface area contributed by atoms with E-state index in [0.717, 1.165) is 49.3 Å². The van der Waals surface area contributed by atoms with Crippen molar-refractivity contribution in [3.8, 4) is 5.75 Å². The number of carbonyl (C=O) groups excluding carboxylic acids is 1. The number of aromatic nitrogens is 2. The normalized spacial score (nSPS) is 14.0. The smallest absolute Gasteiger partial charge is 0.335 e. The lowest BCUT2D eigenvalue weighted by Crippen LogP contribution is -2.35. The molecular formula is C33H41N5O4. The third-order valence-electron chi connectivity index (χ3n) is 6.95. The van der Waals surface area contributed by atoms with Gasteiger partial charge in [0.1, 0.15) is 11.6 Å². The number of rotatable bonds is 8. The molecule has 3 heterocycles. The predicted molar refractivity (Wildman–Crippen MR) is 168 cm³/mol. The highest BCUT2D eigenvalue weighted by Gasteiger charge is 2.24. The van der Waals surface area contributed by atoms with E-state index in [9.17, 15) is 9.59 Å². The molecule has 1 fully saturated rings. The fourth-order valence-corrected chi connectivity index (χ4v) is 5.09. The zero-order valence-corrected chi connectivity index (χ0v) is 24.8. The lowest BCUT2D eigenvalue weighted by atomic mass is 9.90. The standard InChI is InChI=1S/C26H35N5O2.C7H6O2/c1-17(2)16-31-13-11-19(12-14-31)22-15-27-23-9-10-24(29-25(22)23)30-26(32)28-20-5-7-21(8-6-20)33-18(3)4;8-7(9)6-4-2-1-3-5-6/h5-10,15,17-19,27H,11-14,16H2,1-4H3,(H2,28,29,30,32);1-5H,(H,8,9). The molecule has 1 saturated heterocycles. The monoisotopic (exact) mass is 571 g/mol. The number of carboxylic acid groups (broad SMARTS) is 1. The quantitative estimate of drug-likeness (QED) is 0.177. The van der Waals surface area contributed by atoms with E-state index in [1.54, 1.807) is 30.3 Å². The van der Waals surface area contributed by atoms with Gasteiger partial charge in [0, 0.05) is 18.4 Å². The Kier molecular flexibility index (Phi) is 10.6. The zero-order chi connectivity index (χ0) is 30.1. The maximum absolute atomic E-state index is 12.5. The first-order chi connectivity index (χ1) is 20.2. The minimum atomic E-state index is -0.879. The second-order valence-electron chi connectivity index (χ2n) is 11.2. The average molecular weight is 572 g/mol. The number of pyridine rings is 1. The molecule has 0 radical (unpaired) electrons. The molecule has 0 unspecified atom stereocenters. The van der Waals surface area contributed by atoms with Crippen LogP contribution in [0.15, 0.2) is 72.9 Å². The Morgan fingerprint density at radius 2 is 1.67 bits per heavy atom. The zero-order valence-electron chi connectivity index (χ0n) is 24.8. The highest BCUT2D eigenvalue weighted by molar-refractivity contribution is 5.99. The molecule has 1 aliphatic rings. The number of aromatic carboxylic acids is 1. The van der Waals surface area contributed by atoms with Gasteiger partial charge in [-0.3, -0.25) is 5.32 Å². The number of nitrogens with one attached hydrogen (secondary N) is 3. The van der Waals surface area contributed by atoms with Crippen molar-refractivity contribution in [1.82, 2.24) is 14.9 Å². The number of H-pyrrole nitrogens is 1. The van der Waals surface area contributed by atoms with Crippen molar-refractivity contribution >= 4 is 34.5 Å². The maximum atomic E-state index is 12.5. The number of hydrogen-bond acceptors (Lipinski definition) is 5. The van der Waals surface area contributed by atoms with E-state index in [1.807, 2.05) is 50.2 Å². The van der Waals surface area contributed by atoms with Crippen molar-refractivity contribution in [3.63, 3.8) is 0 Å². The van der Waals surface area contributed by atoms with Crippen molar-refractivity contribution < 1.29 is 19.4 Å². The highest BCUT2D eigenvalue weighted by Crippen LogP contribution is 2.33. The molecule has 0 bridgehead atoms. The van der Waals surface area contributed by atoms with Crippen LogP contribution in [0.3, 0.4) is 0 Å². The molecule has 222 valence electrons. The van der Waals surface area contributed by atoms with Crippen LogP contribution in [0.25, 0.3) is 11.0 Å². The summed E-state index contributed by atoms with van der Waals surface area (Å²) >= 11 is 0. The number of carboxylic acids is 1. The Morgan fingerprint density at radius 3 is 2.26 bits per heavy atom. The van der Waals surface area contributed by atoms with E-state index >= 15 is 0 Å². The number of amides is 2. The lowest BCUT2D eigenvalue weighted by molar-refractivity contribution is 0.0697. The Hall–Kier alpha value is -4.37. The highest BCUT2D eigenvalue weighted by atomic mass is 16.5. The van der Waals surface area contributed by atoms with E-state index in [2.05, 4.69) is 40.6 Å². The van der Waals surface area contributed by atoms with Crippen LogP contribution >= 0.6 is 0 Å². The fourth-order valence-electron chi connectivity index (χ4n) is 5.09. The first kappa shape index (κ1) is 30.6. The van der Waals surface area contributed by atoms with Crippen LogP contribution in [0, 0.1) is 5.92 Å². The number of anilines is 2. The molecule has 4 N–H and O–H groups in total. The summed E-state index contributed by atoms with van der Waals surface area (Å²) in [6, 6.07) is 19.1. The molecule has 42 heavy (non-hydrogen) atoms. The van der Waals surface area contributed by atoms with Crippen LogP contribution in [0.2, 0.25) is 0 Å². The molecule has 2 amide bonds. The van der Waals surface area contributed by atoms with Crippen LogP contribution in [0.1, 0.15) is 62.4 Å². The Morgan fingerprint density at radius 1 is 0.976 bits per heavy atom. The molecule has 1 aliphatic heterocycles. The van der Waals surface area contributed by atoms with Crippen LogP contribution in [0.5, 0.6) is 5.75 Å². The topological polar surface area (TPSA) is 120 Å². The van der Waals surface area contributed by atoms with E-state index in [-0.39, 0.29) is 12.1 Å². The van der Waals surface area contributed by atoms with E-state index in [1.165, 1.54) is 5.56 Å². The molecule has 0 spiro atoms. The van der Waals surface area contributed by atoms with Crippen LogP contribution in [-0.4, -0.2) is 57.7 Å². The summed E-state index contributed by atoms with van der Waals surface area (Å²) in [6.07, 6.45) is 4.47. The molecule has 5 rings (SSSR count). The molecule has 2 aromatic heterocycles. The molecule has 9 nitrogen and oxygen atoms in total. The summed E-state index contributed by atoms with van der Waals surface area (Å²) in [5.74, 6) is 1.62. The number of urea groups is 1. The molecule has 4 aromatic rings. The molecule has 0 saturated carbocycles. The SMILES string of the molecule is CC(C)CN1CCC(c2c[nH]c3ccc(NC(=O)Nc4ccc(OC(C)C)cc4)nc23)CC1.O=C(O)c1ccccc1. The largest absolute Gasteiger partial charge is 0.491 e. The van der Waals surface area contributed by atoms with Crippen LogP contribution < -0.4 is 15.4 Å². The van der Waals surface area contributed by atoms with Gasteiger partial charge in [-0.2, -0.15) is 0 Å². The third-order valence-corrected chi connectivity index (χ3v) is 6.95. The van der Waals surface area contributed by atoms with Gasteiger partial charge < -0.3 is 25.0 Å². The third kappa shape index (κ3) is 8.81. The van der Waals surface area contributed by atoms with Gasteiger partial charge in [0.15, 0.2) is 0 Å². The number of aromatic amines is 1. The number of piperidine rings is 1. The van der Waals surface area contributed by atoms with Crippen molar-refractivity contribution in [1.29, 1.82) is 0 Å². The number of carbonyl (C=O) groups is 2. The van der Waals surface area contributed by atoms with Gasteiger partial charge in [0.25, 0.3) is 0 Å². The second-order valence-corrected chi connectivity index (χ2v) is 11.2. The fraction of sp³-hybridized carbons (Fsp3) is 0.364. The minimum absolute atomic E-state index is 0.110. The van der Waals surface area contributed by atoms with E-state index in [4.69, 9.17) is 14.8 Å². The second kappa shape index (κ2) is 14.5. The van der Waals surface area contributed by atoms with Crippen LogP contribution in [-0.2, 0) is 0 Å². The van der Waals surface area contributed by atoms with Crippen molar-refractivity contribution in [3.05, 3.63) is 84.1 Å². The summed E-state index contributed by atoms with van der Waals surface area (Å²) < 4.78 is 5.64. The average Bonchev–Trinajstić information content (AvgIpc) is 3.38. The number of fused-ring (bicyclic) bond motifs is 1. The number of ether oxygens (including phenoxy) is 1. The number of likely N-dealkylation sites (tertiary alicyclic amines) is 1. The summed E-state index contributed by atoms with van der Waals surface area (Å²) in [5, 5.41) is 14.1. The van der Waals surface area contributed by atoms with Crippen molar-refractivity contribution in [2.75, 3.05) is 30.3 Å². The van der Waals surface area contributed by atoms with Gasteiger partial charge in [0.2, 0.25) is 0 Å². The molecule has 9 heteroatoms. The Labute approximate surface area is 247 Å². The van der Waals surface area contributed by atoms with Crippen molar-refractivity contribution in [2.24, 2.45) is 5.92 Å². The van der Waals surface area contributed by atoms with Gasteiger partial charge >= 0.3 is 12.0 Å².